The van der Waals surface area contributed by atoms with E-state index in [1.807, 2.05) is 6.20 Å². The first-order chi connectivity index (χ1) is 8.77. The summed E-state index contributed by atoms with van der Waals surface area (Å²) < 4.78 is 2.19. The Bertz CT molecular complexity index is 364. The molecule has 1 aromatic heterocycles. The van der Waals surface area contributed by atoms with Gasteiger partial charge in [0.1, 0.15) is 0 Å². The predicted octanol–water partition coefficient (Wildman–Crippen LogP) is 3.52. The number of nitrogens with zero attached hydrogens (tertiary/aromatic N) is 2. The fourth-order valence-corrected chi connectivity index (χ4v) is 3.68. The third-order valence-corrected chi connectivity index (χ3v) is 4.69. The van der Waals surface area contributed by atoms with Crippen molar-refractivity contribution >= 4 is 0 Å². The molecule has 0 amide bonds. The highest BCUT2D eigenvalue weighted by Gasteiger charge is 2.41. The van der Waals surface area contributed by atoms with Crippen molar-refractivity contribution in [3.8, 4) is 0 Å². The molecule has 0 aromatic carbocycles. The van der Waals surface area contributed by atoms with Gasteiger partial charge in [0, 0.05) is 12.7 Å². The summed E-state index contributed by atoms with van der Waals surface area (Å²) in [6, 6.07) is 2.66. The maximum absolute atomic E-state index is 4.49. The summed E-state index contributed by atoms with van der Waals surface area (Å²) in [6.45, 7) is 5.58. The Kier molecular flexibility index (Phi) is 4.44. The molecule has 1 aliphatic rings. The van der Waals surface area contributed by atoms with Crippen LogP contribution in [0.3, 0.4) is 0 Å². The molecule has 0 radical (unpaired) electrons. The second kappa shape index (κ2) is 5.87. The average molecular weight is 249 g/mol. The quantitative estimate of drug-likeness (QED) is 0.836. The highest BCUT2D eigenvalue weighted by atomic mass is 15.3. The molecule has 2 rings (SSSR count). The normalized spacial score (nSPS) is 20.2. The number of aromatic nitrogens is 2. The summed E-state index contributed by atoms with van der Waals surface area (Å²) in [5.41, 5.74) is 1.82. The molecule has 3 nitrogen and oxygen atoms in total. The Morgan fingerprint density at radius 2 is 2.11 bits per heavy atom. The van der Waals surface area contributed by atoms with Crippen molar-refractivity contribution in [2.45, 2.75) is 65.0 Å². The Morgan fingerprint density at radius 3 is 2.67 bits per heavy atom. The van der Waals surface area contributed by atoms with E-state index in [1.54, 1.807) is 0 Å². The molecule has 1 aliphatic carbocycles. The largest absolute Gasteiger partial charge is 0.311 e. The van der Waals surface area contributed by atoms with Crippen molar-refractivity contribution < 1.29 is 0 Å². The van der Waals surface area contributed by atoms with Crippen LogP contribution in [-0.2, 0) is 6.54 Å². The Labute approximate surface area is 111 Å². The number of aryl methyl sites for hydroxylation is 1. The first kappa shape index (κ1) is 13.6. The molecule has 1 saturated carbocycles. The molecule has 102 valence electrons. The van der Waals surface area contributed by atoms with Gasteiger partial charge in [-0.3, -0.25) is 4.68 Å². The summed E-state index contributed by atoms with van der Waals surface area (Å²) >= 11 is 0. The lowest BCUT2D eigenvalue weighted by molar-refractivity contribution is 0.186. The van der Waals surface area contributed by atoms with Gasteiger partial charge in [0.05, 0.1) is 11.7 Å². The molecular formula is C15H27N3. The van der Waals surface area contributed by atoms with Gasteiger partial charge in [0.25, 0.3) is 0 Å². The zero-order valence-electron chi connectivity index (χ0n) is 12.1. The highest BCUT2D eigenvalue weighted by Crippen LogP contribution is 2.49. The molecule has 1 unspecified atom stereocenters. The van der Waals surface area contributed by atoms with Crippen LogP contribution in [0.1, 0.15) is 64.1 Å². The third kappa shape index (κ3) is 2.33. The molecule has 1 fully saturated rings. The lowest BCUT2D eigenvalue weighted by Gasteiger charge is -2.37. The van der Waals surface area contributed by atoms with Crippen molar-refractivity contribution in [2.24, 2.45) is 5.41 Å². The van der Waals surface area contributed by atoms with Crippen LogP contribution in [0.25, 0.3) is 0 Å². The standard InChI is InChI=1S/C15H27N3/c1-4-12-18-13(8-11-17-18)14(16-3)15(5-2)9-6-7-10-15/h8,11,14,16H,4-7,9-10,12H2,1-3H3. The van der Waals surface area contributed by atoms with Gasteiger partial charge in [-0.1, -0.05) is 26.7 Å². The van der Waals surface area contributed by atoms with Crippen LogP contribution in [0.4, 0.5) is 0 Å². The molecule has 18 heavy (non-hydrogen) atoms. The van der Waals surface area contributed by atoms with Crippen LogP contribution < -0.4 is 5.32 Å². The molecule has 1 atom stereocenters. The monoisotopic (exact) mass is 249 g/mol. The molecule has 1 N–H and O–H groups in total. The van der Waals surface area contributed by atoms with Gasteiger partial charge in [0.2, 0.25) is 0 Å². The molecule has 1 aromatic rings. The molecule has 0 saturated heterocycles. The number of hydrogen-bond donors (Lipinski definition) is 1. The van der Waals surface area contributed by atoms with E-state index in [9.17, 15) is 0 Å². The van der Waals surface area contributed by atoms with Gasteiger partial charge in [0.15, 0.2) is 0 Å². The first-order valence-electron chi connectivity index (χ1n) is 7.46. The molecule has 3 heteroatoms. The molecule has 0 bridgehead atoms. The van der Waals surface area contributed by atoms with E-state index >= 15 is 0 Å². The van der Waals surface area contributed by atoms with Gasteiger partial charge < -0.3 is 5.32 Å². The zero-order chi connectivity index (χ0) is 13.0. The fraction of sp³-hybridized carbons (Fsp3) is 0.800. The van der Waals surface area contributed by atoms with Gasteiger partial charge in [-0.25, -0.2) is 0 Å². The minimum atomic E-state index is 0.445. The summed E-state index contributed by atoms with van der Waals surface area (Å²) in [4.78, 5) is 0. The molecule has 0 spiro atoms. The smallest absolute Gasteiger partial charge is 0.0559 e. The summed E-state index contributed by atoms with van der Waals surface area (Å²) in [7, 11) is 2.10. The fourth-order valence-electron chi connectivity index (χ4n) is 3.68. The van der Waals surface area contributed by atoms with E-state index in [0.717, 1.165) is 13.0 Å². The summed E-state index contributed by atoms with van der Waals surface area (Å²) in [5, 5.41) is 8.06. The van der Waals surface area contributed by atoms with E-state index in [0.29, 0.717) is 11.5 Å². The van der Waals surface area contributed by atoms with E-state index in [4.69, 9.17) is 0 Å². The number of rotatable bonds is 6. The highest BCUT2D eigenvalue weighted by molar-refractivity contribution is 5.13. The van der Waals surface area contributed by atoms with E-state index in [2.05, 4.69) is 42.1 Å². The molecule has 0 aliphatic heterocycles. The van der Waals surface area contributed by atoms with E-state index in [1.165, 1.54) is 37.8 Å². The Morgan fingerprint density at radius 1 is 1.39 bits per heavy atom. The minimum Gasteiger partial charge on any atom is -0.311 e. The lowest BCUT2D eigenvalue weighted by Crippen LogP contribution is -2.35. The van der Waals surface area contributed by atoms with Gasteiger partial charge in [-0.05, 0) is 44.2 Å². The van der Waals surface area contributed by atoms with Crippen molar-refractivity contribution in [3.63, 3.8) is 0 Å². The van der Waals surface area contributed by atoms with Crippen LogP contribution in [0.15, 0.2) is 12.3 Å². The second-order valence-corrected chi connectivity index (χ2v) is 5.62. The molecular weight excluding hydrogens is 222 g/mol. The minimum absolute atomic E-state index is 0.445. The number of hydrogen-bond acceptors (Lipinski definition) is 2. The van der Waals surface area contributed by atoms with Crippen LogP contribution in [0.2, 0.25) is 0 Å². The van der Waals surface area contributed by atoms with Crippen LogP contribution in [0.5, 0.6) is 0 Å². The van der Waals surface area contributed by atoms with Gasteiger partial charge in [-0.2, -0.15) is 5.10 Å². The van der Waals surface area contributed by atoms with Crippen LogP contribution >= 0.6 is 0 Å². The SMILES string of the molecule is CCCn1nccc1C(NC)C1(CC)CCCC1. The zero-order valence-corrected chi connectivity index (χ0v) is 12.1. The molecule has 1 heterocycles. The second-order valence-electron chi connectivity index (χ2n) is 5.62. The van der Waals surface area contributed by atoms with Crippen molar-refractivity contribution in [1.82, 2.24) is 15.1 Å². The third-order valence-electron chi connectivity index (χ3n) is 4.69. The van der Waals surface area contributed by atoms with Gasteiger partial charge in [-0.15, -0.1) is 0 Å². The van der Waals surface area contributed by atoms with Gasteiger partial charge >= 0.3 is 0 Å². The van der Waals surface area contributed by atoms with Crippen molar-refractivity contribution in [1.29, 1.82) is 0 Å². The maximum atomic E-state index is 4.49. The summed E-state index contributed by atoms with van der Waals surface area (Å²) in [5.74, 6) is 0. The predicted molar refractivity (Wildman–Crippen MR) is 75.5 cm³/mol. The summed E-state index contributed by atoms with van der Waals surface area (Å²) in [6.07, 6.45) is 9.83. The topological polar surface area (TPSA) is 29.9 Å². The van der Waals surface area contributed by atoms with E-state index in [-0.39, 0.29) is 0 Å². The van der Waals surface area contributed by atoms with E-state index < -0.39 is 0 Å². The maximum Gasteiger partial charge on any atom is 0.0559 e. The lowest BCUT2D eigenvalue weighted by atomic mass is 9.75. The van der Waals surface area contributed by atoms with Crippen molar-refractivity contribution in [2.75, 3.05) is 7.05 Å². The Balaban J connectivity index is 2.29. The number of nitrogens with one attached hydrogen (secondary N) is 1. The first-order valence-corrected chi connectivity index (χ1v) is 7.46. The van der Waals surface area contributed by atoms with Crippen molar-refractivity contribution in [3.05, 3.63) is 18.0 Å². The Hall–Kier alpha value is -0.830. The average Bonchev–Trinajstić information content (AvgIpc) is 3.02. The van der Waals surface area contributed by atoms with Crippen LogP contribution in [-0.4, -0.2) is 16.8 Å². The van der Waals surface area contributed by atoms with Crippen LogP contribution in [0, 0.1) is 5.41 Å².